The molecule has 0 bridgehead atoms. The highest BCUT2D eigenvalue weighted by Gasteiger charge is 2.07. The molecule has 2 aromatic rings. The van der Waals surface area contributed by atoms with Gasteiger partial charge in [-0.3, -0.25) is 0 Å². The van der Waals surface area contributed by atoms with Crippen molar-refractivity contribution in [2.75, 3.05) is 0 Å². The van der Waals surface area contributed by atoms with Crippen molar-refractivity contribution in [2.45, 2.75) is 13.5 Å². The number of phenolic OH excluding ortho intramolecular Hbond substituents is 1. The summed E-state index contributed by atoms with van der Waals surface area (Å²) in [5.41, 5.74) is 1.11. The molecule has 0 saturated carbocycles. The van der Waals surface area contributed by atoms with Crippen molar-refractivity contribution < 1.29 is 10.2 Å². The smallest absolute Gasteiger partial charge is 0.117 e. The predicted octanol–water partition coefficient (Wildman–Crippen LogP) is 2.41. The molecule has 0 aliphatic carbocycles. The molecule has 0 atom stereocenters. The quantitative estimate of drug-likeness (QED) is 0.731. The Morgan fingerprint density at radius 3 is 2.85 bits per heavy atom. The minimum Gasteiger partial charge on any atom is -0.508 e. The van der Waals surface area contributed by atoms with E-state index in [1.807, 2.05) is 13.0 Å². The van der Waals surface area contributed by atoms with E-state index >= 15 is 0 Å². The second kappa shape index (κ2) is 3.01. The van der Waals surface area contributed by atoms with Crippen LogP contribution < -0.4 is 0 Å². The van der Waals surface area contributed by atoms with Crippen LogP contribution in [0.3, 0.4) is 0 Å². The van der Waals surface area contributed by atoms with Crippen LogP contribution in [0.1, 0.15) is 10.4 Å². The van der Waals surface area contributed by atoms with Crippen molar-refractivity contribution in [1.82, 2.24) is 0 Å². The number of aliphatic hydroxyl groups is 1. The zero-order chi connectivity index (χ0) is 9.42. The SMILES string of the molecule is Cc1c(CO)sc2cc(O)ccc12. The van der Waals surface area contributed by atoms with E-state index in [1.54, 1.807) is 12.1 Å². The van der Waals surface area contributed by atoms with Crippen LogP contribution >= 0.6 is 11.3 Å². The number of benzene rings is 1. The molecular formula is C10H10O2S. The Morgan fingerprint density at radius 2 is 2.15 bits per heavy atom. The van der Waals surface area contributed by atoms with E-state index in [4.69, 9.17) is 5.11 Å². The van der Waals surface area contributed by atoms with Gasteiger partial charge in [0.15, 0.2) is 0 Å². The Balaban J connectivity index is 2.76. The summed E-state index contributed by atoms with van der Waals surface area (Å²) < 4.78 is 1.03. The number of rotatable bonds is 1. The Morgan fingerprint density at radius 1 is 1.38 bits per heavy atom. The molecule has 0 fully saturated rings. The lowest BCUT2D eigenvalue weighted by atomic mass is 10.1. The number of fused-ring (bicyclic) bond motifs is 1. The monoisotopic (exact) mass is 194 g/mol. The van der Waals surface area contributed by atoms with Gasteiger partial charge in [-0.2, -0.15) is 0 Å². The van der Waals surface area contributed by atoms with Gasteiger partial charge < -0.3 is 10.2 Å². The fraction of sp³-hybridized carbons (Fsp3) is 0.200. The van der Waals surface area contributed by atoms with Crippen LogP contribution in [-0.4, -0.2) is 10.2 Å². The van der Waals surface area contributed by atoms with E-state index < -0.39 is 0 Å². The summed E-state index contributed by atoms with van der Waals surface area (Å²) in [5.74, 6) is 0.276. The van der Waals surface area contributed by atoms with Gasteiger partial charge in [0, 0.05) is 9.58 Å². The molecule has 1 aromatic heterocycles. The number of aromatic hydroxyl groups is 1. The van der Waals surface area contributed by atoms with Gasteiger partial charge in [-0.15, -0.1) is 11.3 Å². The number of thiophene rings is 1. The van der Waals surface area contributed by atoms with Gasteiger partial charge in [0.05, 0.1) is 6.61 Å². The molecule has 0 aliphatic rings. The first-order chi connectivity index (χ1) is 6.22. The molecule has 0 spiro atoms. The van der Waals surface area contributed by atoms with Crippen LogP contribution in [0.5, 0.6) is 5.75 Å². The zero-order valence-corrected chi connectivity index (χ0v) is 8.06. The average molecular weight is 194 g/mol. The number of aryl methyl sites for hydroxylation is 1. The van der Waals surface area contributed by atoms with Crippen LogP contribution in [0.15, 0.2) is 18.2 Å². The lowest BCUT2D eigenvalue weighted by molar-refractivity contribution is 0.285. The fourth-order valence-corrected chi connectivity index (χ4v) is 2.52. The summed E-state index contributed by atoms with van der Waals surface area (Å²) in [5, 5.41) is 19.4. The van der Waals surface area contributed by atoms with E-state index in [0.717, 1.165) is 20.5 Å². The summed E-state index contributed by atoms with van der Waals surface area (Å²) in [6.45, 7) is 2.06. The van der Waals surface area contributed by atoms with E-state index in [-0.39, 0.29) is 12.4 Å². The van der Waals surface area contributed by atoms with Crippen molar-refractivity contribution >= 4 is 21.4 Å². The molecule has 1 heterocycles. The molecule has 0 saturated heterocycles. The first-order valence-corrected chi connectivity index (χ1v) is 4.86. The number of phenols is 1. The van der Waals surface area contributed by atoms with E-state index in [1.165, 1.54) is 11.3 Å². The molecular weight excluding hydrogens is 184 g/mol. The third-order valence-corrected chi connectivity index (χ3v) is 3.40. The Bertz CT molecular complexity index is 445. The molecule has 13 heavy (non-hydrogen) atoms. The van der Waals surface area contributed by atoms with Gasteiger partial charge in [-0.05, 0) is 36.1 Å². The Labute approximate surface area is 80.1 Å². The molecule has 2 rings (SSSR count). The first-order valence-electron chi connectivity index (χ1n) is 4.04. The van der Waals surface area contributed by atoms with Crippen molar-refractivity contribution in [3.63, 3.8) is 0 Å². The molecule has 0 aliphatic heterocycles. The summed E-state index contributed by atoms with van der Waals surface area (Å²) in [4.78, 5) is 0.973. The van der Waals surface area contributed by atoms with Gasteiger partial charge in [0.25, 0.3) is 0 Å². The maximum Gasteiger partial charge on any atom is 0.117 e. The largest absolute Gasteiger partial charge is 0.508 e. The zero-order valence-electron chi connectivity index (χ0n) is 7.24. The maximum atomic E-state index is 9.25. The molecule has 2 nitrogen and oxygen atoms in total. The van der Waals surface area contributed by atoms with Crippen molar-refractivity contribution in [2.24, 2.45) is 0 Å². The highest BCUT2D eigenvalue weighted by molar-refractivity contribution is 7.19. The van der Waals surface area contributed by atoms with E-state index in [0.29, 0.717) is 0 Å². The van der Waals surface area contributed by atoms with Gasteiger partial charge in [-0.25, -0.2) is 0 Å². The fourth-order valence-electron chi connectivity index (χ4n) is 1.42. The van der Waals surface area contributed by atoms with Crippen LogP contribution in [-0.2, 0) is 6.61 Å². The normalized spacial score (nSPS) is 10.9. The third-order valence-electron chi connectivity index (χ3n) is 2.16. The third kappa shape index (κ3) is 1.30. The Hall–Kier alpha value is -1.06. The average Bonchev–Trinajstić information content (AvgIpc) is 2.42. The number of hydrogen-bond donors (Lipinski definition) is 2. The lowest BCUT2D eigenvalue weighted by Crippen LogP contribution is -1.78. The van der Waals surface area contributed by atoms with Gasteiger partial charge in [0.2, 0.25) is 0 Å². The van der Waals surface area contributed by atoms with Crippen molar-refractivity contribution in [3.8, 4) is 5.75 Å². The molecule has 0 unspecified atom stereocenters. The second-order valence-corrected chi connectivity index (χ2v) is 4.13. The summed E-state index contributed by atoms with van der Waals surface area (Å²) in [6.07, 6.45) is 0. The minimum atomic E-state index is 0.0753. The molecule has 1 aromatic carbocycles. The van der Waals surface area contributed by atoms with Crippen molar-refractivity contribution in [1.29, 1.82) is 0 Å². The van der Waals surface area contributed by atoms with Gasteiger partial charge in [0.1, 0.15) is 5.75 Å². The molecule has 68 valence electrons. The van der Waals surface area contributed by atoms with Crippen LogP contribution in [0, 0.1) is 6.92 Å². The summed E-state index contributed by atoms with van der Waals surface area (Å²) >= 11 is 1.53. The van der Waals surface area contributed by atoms with E-state index in [9.17, 15) is 5.11 Å². The Kier molecular flexibility index (Phi) is 1.98. The summed E-state index contributed by atoms with van der Waals surface area (Å²) in [6, 6.07) is 5.28. The minimum absolute atomic E-state index is 0.0753. The molecule has 0 amide bonds. The summed E-state index contributed by atoms with van der Waals surface area (Å²) in [7, 11) is 0. The topological polar surface area (TPSA) is 40.5 Å². The van der Waals surface area contributed by atoms with E-state index in [2.05, 4.69) is 0 Å². The first kappa shape index (κ1) is 8.53. The lowest BCUT2D eigenvalue weighted by Gasteiger charge is -1.93. The number of aliphatic hydroxyl groups excluding tert-OH is 1. The molecule has 0 radical (unpaired) electrons. The highest BCUT2D eigenvalue weighted by Crippen LogP contribution is 2.32. The molecule has 3 heteroatoms. The molecule has 2 N–H and O–H groups in total. The maximum absolute atomic E-state index is 9.25. The van der Waals surface area contributed by atoms with Crippen molar-refractivity contribution in [3.05, 3.63) is 28.6 Å². The second-order valence-electron chi connectivity index (χ2n) is 2.99. The van der Waals surface area contributed by atoms with Crippen LogP contribution in [0.4, 0.5) is 0 Å². The number of hydrogen-bond acceptors (Lipinski definition) is 3. The van der Waals surface area contributed by atoms with Crippen LogP contribution in [0.25, 0.3) is 10.1 Å². The van der Waals surface area contributed by atoms with Gasteiger partial charge in [-0.1, -0.05) is 0 Å². The van der Waals surface area contributed by atoms with Crippen LogP contribution in [0.2, 0.25) is 0 Å². The standard InChI is InChI=1S/C10H10O2S/c1-6-8-3-2-7(12)4-9(8)13-10(6)5-11/h2-4,11-12H,5H2,1H3. The predicted molar refractivity (Wildman–Crippen MR) is 54.1 cm³/mol. The van der Waals surface area contributed by atoms with Gasteiger partial charge >= 0.3 is 0 Å². The highest BCUT2D eigenvalue weighted by atomic mass is 32.1.